The third-order valence-electron chi connectivity index (χ3n) is 6.38. The number of nitrogens with zero attached hydrogens (tertiary/aromatic N) is 1. The largest absolute Gasteiger partial charge is 0.490 e. The van der Waals surface area contributed by atoms with Crippen LogP contribution in [0.4, 0.5) is 18.9 Å². The van der Waals surface area contributed by atoms with E-state index in [1.807, 2.05) is 20.9 Å². The number of ether oxygens (including phenoxy) is 2. The highest BCUT2D eigenvalue weighted by Crippen LogP contribution is 2.29. The van der Waals surface area contributed by atoms with Crippen LogP contribution in [0.2, 0.25) is 0 Å². The van der Waals surface area contributed by atoms with E-state index in [9.17, 15) is 27.9 Å². The van der Waals surface area contributed by atoms with Crippen LogP contribution in [-0.4, -0.2) is 79.6 Å². The molecule has 0 radical (unpaired) electrons. The van der Waals surface area contributed by atoms with Gasteiger partial charge >= 0.3 is 6.18 Å². The van der Waals surface area contributed by atoms with Gasteiger partial charge in [-0.3, -0.25) is 9.59 Å². The first-order valence-electron chi connectivity index (χ1n) is 12.8. The fraction of sp³-hybridized carbons (Fsp3) is 0.692. The molecule has 0 saturated heterocycles. The topological polar surface area (TPSA) is 100 Å². The van der Waals surface area contributed by atoms with Crippen molar-refractivity contribution < 1.29 is 37.3 Å². The number of amides is 2. The summed E-state index contributed by atoms with van der Waals surface area (Å²) in [6, 6.07) is 3.96. The van der Waals surface area contributed by atoms with Crippen LogP contribution in [0.1, 0.15) is 63.2 Å². The Hall–Kier alpha value is -2.37. The molecule has 0 fully saturated rings. The van der Waals surface area contributed by atoms with Gasteiger partial charge in [0.15, 0.2) is 0 Å². The number of nitrogens with one attached hydrogen (secondary N) is 2. The third kappa shape index (κ3) is 10.1. The van der Waals surface area contributed by atoms with E-state index >= 15 is 0 Å². The van der Waals surface area contributed by atoms with Crippen LogP contribution in [0.3, 0.4) is 0 Å². The predicted octanol–water partition coefficient (Wildman–Crippen LogP) is 3.98. The van der Waals surface area contributed by atoms with Crippen molar-refractivity contribution in [3.8, 4) is 5.75 Å². The zero-order chi connectivity index (χ0) is 27.6. The molecule has 3 N–H and O–H groups in total. The molecule has 0 aliphatic carbocycles. The van der Waals surface area contributed by atoms with Crippen molar-refractivity contribution in [1.82, 2.24) is 10.2 Å². The number of carbonyl (C=O) groups is 2. The van der Waals surface area contributed by atoms with Gasteiger partial charge < -0.3 is 30.1 Å². The van der Waals surface area contributed by atoms with Crippen molar-refractivity contribution in [2.75, 3.05) is 38.7 Å². The number of aliphatic hydroxyl groups excluding tert-OH is 1. The van der Waals surface area contributed by atoms with E-state index in [1.54, 1.807) is 17.9 Å². The Morgan fingerprint density at radius 2 is 2.00 bits per heavy atom. The summed E-state index contributed by atoms with van der Waals surface area (Å²) >= 11 is 0. The molecule has 1 aromatic rings. The second kappa shape index (κ2) is 14.5. The van der Waals surface area contributed by atoms with Gasteiger partial charge in [-0.15, -0.1) is 0 Å². The van der Waals surface area contributed by atoms with Crippen molar-refractivity contribution >= 4 is 17.5 Å². The number of rotatable bonds is 7. The monoisotopic (exact) mass is 531 g/mol. The number of fused-ring (bicyclic) bond motifs is 1. The van der Waals surface area contributed by atoms with E-state index < -0.39 is 36.9 Å². The second-order valence-electron chi connectivity index (χ2n) is 9.73. The van der Waals surface area contributed by atoms with E-state index in [-0.39, 0.29) is 36.0 Å². The summed E-state index contributed by atoms with van der Waals surface area (Å²) in [5.74, 6) is -0.973. The summed E-state index contributed by atoms with van der Waals surface area (Å²) in [4.78, 5) is 27.5. The summed E-state index contributed by atoms with van der Waals surface area (Å²) in [5, 5.41) is 15.5. The molecule has 8 nitrogen and oxygen atoms in total. The van der Waals surface area contributed by atoms with Gasteiger partial charge in [-0.25, -0.2) is 0 Å². The van der Waals surface area contributed by atoms with E-state index in [1.165, 1.54) is 12.1 Å². The lowest BCUT2D eigenvalue weighted by atomic mass is 10.0. The molecule has 0 bridgehead atoms. The summed E-state index contributed by atoms with van der Waals surface area (Å²) in [6.07, 6.45) is -4.31. The molecule has 4 atom stereocenters. The molecule has 1 aromatic carbocycles. The van der Waals surface area contributed by atoms with E-state index in [4.69, 9.17) is 9.47 Å². The number of aliphatic hydroxyl groups is 1. The lowest BCUT2D eigenvalue weighted by Crippen LogP contribution is -2.47. The number of alkyl halides is 3. The van der Waals surface area contributed by atoms with Crippen LogP contribution in [0.15, 0.2) is 18.2 Å². The number of hydrogen-bond acceptors (Lipinski definition) is 6. The first kappa shape index (κ1) is 30.9. The number of likely N-dealkylation sites (N-methyl/N-ethyl adjacent to an activating group) is 1. The predicted molar refractivity (Wildman–Crippen MR) is 135 cm³/mol. The van der Waals surface area contributed by atoms with Gasteiger partial charge in [-0.1, -0.05) is 6.92 Å². The zero-order valence-electron chi connectivity index (χ0n) is 22.1. The van der Waals surface area contributed by atoms with Gasteiger partial charge in [-0.2, -0.15) is 13.2 Å². The van der Waals surface area contributed by atoms with Gasteiger partial charge in [0, 0.05) is 37.7 Å². The average molecular weight is 532 g/mol. The van der Waals surface area contributed by atoms with Crippen LogP contribution in [0, 0.1) is 5.92 Å². The molecule has 1 aliphatic rings. The van der Waals surface area contributed by atoms with Crippen LogP contribution >= 0.6 is 0 Å². The minimum Gasteiger partial charge on any atom is -0.490 e. The lowest BCUT2D eigenvalue weighted by Gasteiger charge is -2.34. The van der Waals surface area contributed by atoms with Gasteiger partial charge in [0.05, 0.1) is 36.8 Å². The molecule has 1 aliphatic heterocycles. The normalized spacial score (nSPS) is 23.0. The maximum atomic E-state index is 13.8. The zero-order valence-corrected chi connectivity index (χ0v) is 22.1. The second-order valence-corrected chi connectivity index (χ2v) is 9.73. The Kier molecular flexibility index (Phi) is 12.1. The first-order valence-corrected chi connectivity index (χ1v) is 12.8. The van der Waals surface area contributed by atoms with Crippen LogP contribution < -0.4 is 15.4 Å². The van der Waals surface area contributed by atoms with Crippen molar-refractivity contribution in [3.63, 3.8) is 0 Å². The standard InChI is InChI=1S/C26H40F3N3O5/c1-17-15-32(18(2)16-33)25(35)21-13-20(31-24(34)10-11-26(27,28)29)8-9-22(21)37-19(3)7-5-6-12-36-23(17)14-30-4/h8-9,13,17-19,23,30,33H,5-7,10-12,14-16H2,1-4H3,(H,31,34)/t17-,18+,19-,23-/m0/s1. The van der Waals surface area contributed by atoms with Crippen molar-refractivity contribution in [2.24, 2.45) is 5.92 Å². The molecule has 0 saturated carbocycles. The quantitative estimate of drug-likeness (QED) is 0.492. The highest BCUT2D eigenvalue weighted by molar-refractivity contribution is 5.99. The summed E-state index contributed by atoms with van der Waals surface area (Å²) < 4.78 is 49.8. The molecule has 1 heterocycles. The number of anilines is 1. The fourth-order valence-electron chi connectivity index (χ4n) is 4.17. The number of benzene rings is 1. The smallest absolute Gasteiger partial charge is 0.389 e. The highest BCUT2D eigenvalue weighted by Gasteiger charge is 2.30. The molecule has 0 unspecified atom stereocenters. The fourth-order valence-corrected chi connectivity index (χ4v) is 4.17. The maximum absolute atomic E-state index is 13.8. The Morgan fingerprint density at radius 3 is 2.65 bits per heavy atom. The van der Waals surface area contributed by atoms with Gasteiger partial charge in [0.1, 0.15) is 5.75 Å². The van der Waals surface area contributed by atoms with E-state index in [2.05, 4.69) is 10.6 Å². The van der Waals surface area contributed by atoms with Crippen molar-refractivity contribution in [3.05, 3.63) is 23.8 Å². The van der Waals surface area contributed by atoms with Gasteiger partial charge in [0.2, 0.25) is 5.91 Å². The number of carbonyl (C=O) groups excluding carboxylic acids is 2. The molecule has 0 aromatic heterocycles. The molecule has 2 amide bonds. The third-order valence-corrected chi connectivity index (χ3v) is 6.38. The minimum atomic E-state index is -4.44. The molecule has 210 valence electrons. The van der Waals surface area contributed by atoms with Crippen LogP contribution in [0.5, 0.6) is 5.75 Å². The molecule has 0 spiro atoms. The van der Waals surface area contributed by atoms with Crippen molar-refractivity contribution in [1.29, 1.82) is 0 Å². The molecular weight excluding hydrogens is 491 g/mol. The molecule has 2 rings (SSSR count). The molecule has 37 heavy (non-hydrogen) atoms. The summed E-state index contributed by atoms with van der Waals surface area (Å²) in [7, 11) is 1.83. The summed E-state index contributed by atoms with van der Waals surface area (Å²) in [6.45, 7) is 6.82. The Bertz CT molecular complexity index is 884. The van der Waals surface area contributed by atoms with Gasteiger partial charge in [-0.05, 0) is 58.4 Å². The maximum Gasteiger partial charge on any atom is 0.389 e. The summed E-state index contributed by atoms with van der Waals surface area (Å²) in [5.41, 5.74) is 0.355. The lowest BCUT2D eigenvalue weighted by molar-refractivity contribution is -0.142. The Balaban J connectivity index is 2.42. The van der Waals surface area contributed by atoms with E-state index in [0.29, 0.717) is 25.4 Å². The van der Waals surface area contributed by atoms with E-state index in [0.717, 1.165) is 19.3 Å². The molecule has 11 heteroatoms. The number of hydrogen-bond donors (Lipinski definition) is 3. The Morgan fingerprint density at radius 1 is 1.27 bits per heavy atom. The number of halogens is 3. The average Bonchev–Trinajstić information content (AvgIpc) is 2.84. The molecular formula is C26H40F3N3O5. The highest BCUT2D eigenvalue weighted by atomic mass is 19.4. The van der Waals surface area contributed by atoms with Crippen LogP contribution in [-0.2, 0) is 9.53 Å². The van der Waals surface area contributed by atoms with Crippen LogP contribution in [0.25, 0.3) is 0 Å². The minimum absolute atomic E-state index is 0.0677. The SMILES string of the molecule is CNC[C@@H]1OCCCC[C@H](C)Oc2ccc(NC(=O)CCC(F)(F)F)cc2C(=O)N([C@H](C)CO)C[C@@H]1C. The Labute approximate surface area is 216 Å². The van der Waals surface area contributed by atoms with Gasteiger partial charge in [0.25, 0.3) is 5.91 Å². The first-order chi connectivity index (χ1) is 17.4. The van der Waals surface area contributed by atoms with Crippen molar-refractivity contribution in [2.45, 2.75) is 77.3 Å².